The van der Waals surface area contributed by atoms with Crippen LogP contribution in [0.4, 0.5) is 0 Å². The van der Waals surface area contributed by atoms with Crippen LogP contribution in [0.5, 0.6) is 0 Å². The summed E-state index contributed by atoms with van der Waals surface area (Å²) in [7, 11) is 0. The molecule has 1 aliphatic rings. The summed E-state index contributed by atoms with van der Waals surface area (Å²) in [6.45, 7) is 1.55. The summed E-state index contributed by atoms with van der Waals surface area (Å²) in [6.07, 6.45) is 3.08. The first-order chi connectivity index (χ1) is 4.70. The molecule has 0 aliphatic heterocycles. The Kier molecular flexibility index (Phi) is 2.20. The first-order valence-electron chi connectivity index (χ1n) is 3.72. The molecule has 10 heavy (non-hydrogen) atoms. The van der Waals surface area contributed by atoms with E-state index in [2.05, 4.69) is 0 Å². The molecule has 1 fully saturated rings. The van der Waals surface area contributed by atoms with Gasteiger partial charge in [-0.15, -0.1) is 0 Å². The lowest BCUT2D eigenvalue weighted by atomic mass is 10.0. The molecule has 0 amide bonds. The van der Waals surface area contributed by atoms with E-state index < -0.39 is 0 Å². The molecule has 0 heterocycles. The minimum absolute atomic E-state index is 0.0671. The Morgan fingerprint density at radius 2 is 2.40 bits per heavy atom. The van der Waals surface area contributed by atoms with Gasteiger partial charge in [0.25, 0.3) is 0 Å². The van der Waals surface area contributed by atoms with Gasteiger partial charge in [0.05, 0.1) is 0 Å². The van der Waals surface area contributed by atoms with Crippen molar-refractivity contribution in [3.63, 3.8) is 0 Å². The van der Waals surface area contributed by atoms with E-state index in [1.807, 2.05) is 0 Å². The van der Waals surface area contributed by atoms with Crippen LogP contribution in [0.25, 0.3) is 0 Å². The highest BCUT2D eigenvalue weighted by molar-refractivity contribution is 5.88. The summed E-state index contributed by atoms with van der Waals surface area (Å²) in [4.78, 5) is 21.6. The minimum Gasteiger partial charge on any atom is -0.300 e. The molecule has 1 rings (SSSR count). The Balaban J connectivity index is 2.40. The van der Waals surface area contributed by atoms with Crippen LogP contribution in [0.15, 0.2) is 0 Å². The van der Waals surface area contributed by atoms with Gasteiger partial charge in [-0.25, -0.2) is 0 Å². The van der Waals surface area contributed by atoms with Crippen molar-refractivity contribution in [2.45, 2.75) is 32.6 Å². The molecule has 0 radical (unpaired) electrons. The van der Waals surface area contributed by atoms with Crippen molar-refractivity contribution >= 4 is 11.6 Å². The van der Waals surface area contributed by atoms with E-state index in [0.717, 1.165) is 12.8 Å². The van der Waals surface area contributed by atoms with Gasteiger partial charge in [-0.2, -0.15) is 0 Å². The molecule has 0 unspecified atom stereocenters. The molecule has 0 aromatic rings. The van der Waals surface area contributed by atoms with Gasteiger partial charge in [0.1, 0.15) is 11.6 Å². The van der Waals surface area contributed by atoms with Gasteiger partial charge in [0.15, 0.2) is 0 Å². The highest BCUT2D eigenvalue weighted by atomic mass is 16.1. The number of hydrogen-bond acceptors (Lipinski definition) is 2. The molecule has 1 saturated carbocycles. The van der Waals surface area contributed by atoms with E-state index in [4.69, 9.17) is 0 Å². The molecule has 2 heteroatoms. The molecule has 1 aliphatic carbocycles. The lowest BCUT2D eigenvalue weighted by Crippen LogP contribution is -2.09. The summed E-state index contributed by atoms with van der Waals surface area (Å²) < 4.78 is 0. The van der Waals surface area contributed by atoms with Gasteiger partial charge >= 0.3 is 0 Å². The molecule has 0 saturated heterocycles. The van der Waals surface area contributed by atoms with E-state index >= 15 is 0 Å². The topological polar surface area (TPSA) is 34.1 Å². The summed E-state index contributed by atoms with van der Waals surface area (Å²) >= 11 is 0. The van der Waals surface area contributed by atoms with Gasteiger partial charge in [-0.05, 0) is 19.8 Å². The second-order valence-electron chi connectivity index (χ2n) is 2.96. The summed E-state index contributed by atoms with van der Waals surface area (Å²) in [6, 6.07) is 0. The second kappa shape index (κ2) is 2.95. The van der Waals surface area contributed by atoms with E-state index in [1.54, 1.807) is 6.92 Å². The fourth-order valence-corrected chi connectivity index (χ4v) is 1.45. The monoisotopic (exact) mass is 140 g/mol. The molecular weight excluding hydrogens is 128 g/mol. The number of rotatable bonds is 2. The van der Waals surface area contributed by atoms with Crippen LogP contribution in [0, 0.1) is 5.92 Å². The Labute approximate surface area is 60.6 Å². The molecule has 0 aromatic carbocycles. The largest absolute Gasteiger partial charge is 0.300 e. The predicted molar refractivity (Wildman–Crippen MR) is 37.6 cm³/mol. The van der Waals surface area contributed by atoms with Crippen LogP contribution in [0.3, 0.4) is 0 Å². The molecule has 2 nitrogen and oxygen atoms in total. The van der Waals surface area contributed by atoms with Crippen LogP contribution in [-0.2, 0) is 9.59 Å². The van der Waals surface area contributed by atoms with E-state index in [1.165, 1.54) is 0 Å². The maximum absolute atomic E-state index is 11.0. The Hall–Kier alpha value is -0.660. The third-order valence-electron chi connectivity index (χ3n) is 1.96. The van der Waals surface area contributed by atoms with Crippen molar-refractivity contribution in [3.8, 4) is 0 Å². The van der Waals surface area contributed by atoms with Crippen LogP contribution in [0.1, 0.15) is 32.6 Å². The Morgan fingerprint density at radius 3 is 2.80 bits per heavy atom. The van der Waals surface area contributed by atoms with Gasteiger partial charge in [-0.1, -0.05) is 0 Å². The number of hydrogen-bond donors (Lipinski definition) is 0. The number of ketones is 2. The van der Waals surface area contributed by atoms with E-state index in [-0.39, 0.29) is 17.5 Å². The zero-order valence-corrected chi connectivity index (χ0v) is 6.22. The van der Waals surface area contributed by atoms with Crippen molar-refractivity contribution in [1.29, 1.82) is 0 Å². The number of carbonyl (C=O) groups excluding carboxylic acids is 2. The summed E-state index contributed by atoms with van der Waals surface area (Å²) in [5.74, 6) is 0.493. The smallest absolute Gasteiger partial charge is 0.136 e. The summed E-state index contributed by atoms with van der Waals surface area (Å²) in [5, 5.41) is 0. The molecule has 0 aromatic heterocycles. The fraction of sp³-hybridized carbons (Fsp3) is 0.750. The van der Waals surface area contributed by atoms with Crippen LogP contribution in [0.2, 0.25) is 0 Å². The van der Waals surface area contributed by atoms with Crippen molar-refractivity contribution in [3.05, 3.63) is 0 Å². The standard InChI is InChI=1S/C8H12O2/c1-6(9)5-7-3-2-4-8(7)10/h7H,2-5H2,1H3/t7-/m0/s1. The third-order valence-corrected chi connectivity index (χ3v) is 1.96. The van der Waals surface area contributed by atoms with Crippen molar-refractivity contribution in [2.75, 3.05) is 0 Å². The number of carbonyl (C=O) groups is 2. The SMILES string of the molecule is CC(=O)C[C@@H]1CCCC1=O. The van der Waals surface area contributed by atoms with Gasteiger partial charge < -0.3 is 4.79 Å². The van der Waals surface area contributed by atoms with Crippen molar-refractivity contribution in [1.82, 2.24) is 0 Å². The second-order valence-corrected chi connectivity index (χ2v) is 2.96. The maximum atomic E-state index is 11.0. The molecule has 0 bridgehead atoms. The summed E-state index contributed by atoms with van der Waals surface area (Å²) in [5.41, 5.74) is 0. The first-order valence-corrected chi connectivity index (χ1v) is 3.72. The first kappa shape index (κ1) is 7.45. The molecule has 1 atom stereocenters. The fourth-order valence-electron chi connectivity index (χ4n) is 1.45. The van der Waals surface area contributed by atoms with Crippen LogP contribution in [-0.4, -0.2) is 11.6 Å². The molecule has 0 N–H and O–H groups in total. The predicted octanol–water partition coefficient (Wildman–Crippen LogP) is 1.33. The van der Waals surface area contributed by atoms with E-state index in [0.29, 0.717) is 12.8 Å². The lowest BCUT2D eigenvalue weighted by Gasteiger charge is -2.01. The quantitative estimate of drug-likeness (QED) is 0.580. The van der Waals surface area contributed by atoms with E-state index in [9.17, 15) is 9.59 Å². The lowest BCUT2D eigenvalue weighted by molar-refractivity contribution is -0.125. The molecule has 0 spiro atoms. The van der Waals surface area contributed by atoms with Gasteiger partial charge in [0, 0.05) is 18.8 Å². The van der Waals surface area contributed by atoms with Gasteiger partial charge in [-0.3, -0.25) is 4.79 Å². The average molecular weight is 140 g/mol. The third kappa shape index (κ3) is 1.66. The Morgan fingerprint density at radius 1 is 1.70 bits per heavy atom. The van der Waals surface area contributed by atoms with Crippen LogP contribution >= 0.6 is 0 Å². The molecule has 56 valence electrons. The molecular formula is C8H12O2. The number of Topliss-reactive ketones (excluding diaryl/α,β-unsaturated/α-hetero) is 2. The highest BCUT2D eigenvalue weighted by Gasteiger charge is 2.24. The highest BCUT2D eigenvalue weighted by Crippen LogP contribution is 2.23. The van der Waals surface area contributed by atoms with Gasteiger partial charge in [0.2, 0.25) is 0 Å². The maximum Gasteiger partial charge on any atom is 0.136 e. The minimum atomic E-state index is 0.0671. The average Bonchev–Trinajstić information content (AvgIpc) is 2.15. The van der Waals surface area contributed by atoms with Crippen molar-refractivity contribution in [2.24, 2.45) is 5.92 Å². The van der Waals surface area contributed by atoms with Crippen molar-refractivity contribution < 1.29 is 9.59 Å². The zero-order chi connectivity index (χ0) is 7.56. The zero-order valence-electron chi connectivity index (χ0n) is 6.22. The normalized spacial score (nSPS) is 25.3. The Bertz CT molecular complexity index is 161. The van der Waals surface area contributed by atoms with Crippen LogP contribution < -0.4 is 0 Å².